The van der Waals surface area contributed by atoms with Crippen LogP contribution >= 0.6 is 0 Å². The number of aromatic nitrogens is 1. The number of hydrogen-bond donors (Lipinski definition) is 1. The molecular weight excluding hydrogens is 244 g/mol. The molecule has 0 saturated carbocycles. The summed E-state index contributed by atoms with van der Waals surface area (Å²) < 4.78 is 0. The van der Waals surface area contributed by atoms with Crippen molar-refractivity contribution in [2.24, 2.45) is 0 Å². The predicted octanol–water partition coefficient (Wildman–Crippen LogP) is 3.55. The molecule has 2 aromatic rings. The minimum atomic E-state index is 0.418. The van der Waals surface area contributed by atoms with Gasteiger partial charge in [-0.25, -0.2) is 0 Å². The second-order valence-corrected chi connectivity index (χ2v) is 5.54. The molecule has 0 radical (unpaired) electrons. The SMILES string of the molecule is CNC[C@@H](Cc1ccccc1C)c1nc(C)ccc1C. The second kappa shape index (κ2) is 6.67. The number of aryl methyl sites for hydroxylation is 3. The van der Waals surface area contributed by atoms with Crippen molar-refractivity contribution in [3.8, 4) is 0 Å². The van der Waals surface area contributed by atoms with Crippen LogP contribution in [0.4, 0.5) is 0 Å². The zero-order valence-corrected chi connectivity index (χ0v) is 12.9. The molecule has 0 aliphatic carbocycles. The fourth-order valence-electron chi connectivity index (χ4n) is 2.68. The fraction of sp³-hybridized carbons (Fsp3) is 0.389. The van der Waals surface area contributed by atoms with Crippen LogP contribution in [-0.2, 0) is 6.42 Å². The molecule has 0 spiro atoms. The average Bonchev–Trinajstić information content (AvgIpc) is 2.43. The topological polar surface area (TPSA) is 24.9 Å². The Balaban J connectivity index is 2.32. The van der Waals surface area contributed by atoms with Gasteiger partial charge in [-0.3, -0.25) is 4.98 Å². The first-order chi connectivity index (χ1) is 9.61. The molecule has 0 aliphatic rings. The normalized spacial score (nSPS) is 12.4. The van der Waals surface area contributed by atoms with Crippen LogP contribution in [0.25, 0.3) is 0 Å². The highest BCUT2D eigenvalue weighted by atomic mass is 14.8. The molecule has 0 bridgehead atoms. The van der Waals surface area contributed by atoms with E-state index in [2.05, 4.69) is 62.5 Å². The highest BCUT2D eigenvalue weighted by molar-refractivity contribution is 5.31. The van der Waals surface area contributed by atoms with Gasteiger partial charge in [0.25, 0.3) is 0 Å². The first-order valence-electron chi connectivity index (χ1n) is 7.25. The van der Waals surface area contributed by atoms with Gasteiger partial charge in [-0.2, -0.15) is 0 Å². The molecule has 0 fully saturated rings. The van der Waals surface area contributed by atoms with Gasteiger partial charge in [0, 0.05) is 23.9 Å². The zero-order chi connectivity index (χ0) is 14.5. The Kier molecular flexibility index (Phi) is 4.91. The summed E-state index contributed by atoms with van der Waals surface area (Å²) in [5.74, 6) is 0.418. The minimum Gasteiger partial charge on any atom is -0.319 e. The smallest absolute Gasteiger partial charge is 0.0482 e. The molecule has 2 rings (SSSR count). The highest BCUT2D eigenvalue weighted by Crippen LogP contribution is 2.23. The van der Waals surface area contributed by atoms with E-state index in [4.69, 9.17) is 4.98 Å². The van der Waals surface area contributed by atoms with Crippen LogP contribution in [0.5, 0.6) is 0 Å². The molecule has 1 atom stereocenters. The van der Waals surface area contributed by atoms with Gasteiger partial charge in [0.2, 0.25) is 0 Å². The van der Waals surface area contributed by atoms with Crippen LogP contribution in [0.1, 0.15) is 34.0 Å². The molecule has 0 amide bonds. The van der Waals surface area contributed by atoms with E-state index in [9.17, 15) is 0 Å². The molecular formula is C18H24N2. The number of nitrogens with zero attached hydrogens (tertiary/aromatic N) is 1. The third kappa shape index (κ3) is 3.45. The highest BCUT2D eigenvalue weighted by Gasteiger charge is 2.16. The van der Waals surface area contributed by atoms with Crippen molar-refractivity contribution in [1.29, 1.82) is 0 Å². The Labute approximate surface area is 122 Å². The van der Waals surface area contributed by atoms with Crippen molar-refractivity contribution in [3.05, 3.63) is 64.5 Å². The Morgan fingerprint density at radius 2 is 1.75 bits per heavy atom. The van der Waals surface area contributed by atoms with E-state index in [1.807, 2.05) is 7.05 Å². The summed E-state index contributed by atoms with van der Waals surface area (Å²) in [5.41, 5.74) is 6.37. The van der Waals surface area contributed by atoms with E-state index in [0.29, 0.717) is 5.92 Å². The fourth-order valence-corrected chi connectivity index (χ4v) is 2.68. The summed E-state index contributed by atoms with van der Waals surface area (Å²) in [6.07, 6.45) is 1.03. The van der Waals surface area contributed by atoms with Crippen LogP contribution < -0.4 is 5.32 Å². The van der Waals surface area contributed by atoms with Crippen LogP contribution in [-0.4, -0.2) is 18.6 Å². The van der Waals surface area contributed by atoms with Crippen LogP contribution in [0.2, 0.25) is 0 Å². The predicted molar refractivity (Wildman–Crippen MR) is 85.3 cm³/mol. The zero-order valence-electron chi connectivity index (χ0n) is 12.9. The molecule has 0 unspecified atom stereocenters. The van der Waals surface area contributed by atoms with Crippen molar-refractivity contribution in [2.45, 2.75) is 33.1 Å². The van der Waals surface area contributed by atoms with Gasteiger partial charge in [-0.05, 0) is 57.0 Å². The van der Waals surface area contributed by atoms with Gasteiger partial charge in [-0.1, -0.05) is 30.3 Å². The molecule has 0 saturated heterocycles. The Morgan fingerprint density at radius 3 is 2.45 bits per heavy atom. The number of pyridine rings is 1. The minimum absolute atomic E-state index is 0.418. The van der Waals surface area contributed by atoms with Gasteiger partial charge in [0.05, 0.1) is 0 Å². The van der Waals surface area contributed by atoms with E-state index in [-0.39, 0.29) is 0 Å². The van der Waals surface area contributed by atoms with Crippen molar-refractivity contribution in [1.82, 2.24) is 10.3 Å². The maximum atomic E-state index is 4.78. The maximum absolute atomic E-state index is 4.78. The van der Waals surface area contributed by atoms with E-state index in [1.165, 1.54) is 22.4 Å². The van der Waals surface area contributed by atoms with Crippen LogP contribution in [0, 0.1) is 20.8 Å². The monoisotopic (exact) mass is 268 g/mol. The standard InChI is InChI=1S/C18H24N2/c1-13-7-5-6-8-16(13)11-17(12-19-4)18-14(2)9-10-15(3)20-18/h5-10,17,19H,11-12H2,1-4H3/t17-/m1/s1. The summed E-state index contributed by atoms with van der Waals surface area (Å²) in [4.78, 5) is 4.78. The molecule has 0 aliphatic heterocycles. The van der Waals surface area contributed by atoms with Crippen molar-refractivity contribution in [3.63, 3.8) is 0 Å². The summed E-state index contributed by atoms with van der Waals surface area (Å²) in [6, 6.07) is 12.9. The van der Waals surface area contributed by atoms with E-state index in [1.54, 1.807) is 0 Å². The molecule has 1 heterocycles. The van der Waals surface area contributed by atoms with E-state index in [0.717, 1.165) is 18.7 Å². The lowest BCUT2D eigenvalue weighted by atomic mass is 9.91. The molecule has 1 aromatic carbocycles. The van der Waals surface area contributed by atoms with E-state index >= 15 is 0 Å². The maximum Gasteiger partial charge on any atom is 0.0482 e. The van der Waals surface area contributed by atoms with Crippen LogP contribution in [0.15, 0.2) is 36.4 Å². The Bertz CT molecular complexity index is 575. The second-order valence-electron chi connectivity index (χ2n) is 5.54. The number of benzene rings is 1. The number of hydrogen-bond acceptors (Lipinski definition) is 2. The quantitative estimate of drug-likeness (QED) is 0.897. The molecule has 20 heavy (non-hydrogen) atoms. The molecule has 1 aromatic heterocycles. The first kappa shape index (κ1) is 14.7. The van der Waals surface area contributed by atoms with Crippen molar-refractivity contribution in [2.75, 3.05) is 13.6 Å². The third-order valence-corrected chi connectivity index (χ3v) is 3.84. The van der Waals surface area contributed by atoms with Gasteiger partial charge >= 0.3 is 0 Å². The van der Waals surface area contributed by atoms with Gasteiger partial charge in [-0.15, -0.1) is 0 Å². The number of nitrogens with one attached hydrogen (secondary N) is 1. The Hall–Kier alpha value is -1.67. The lowest BCUT2D eigenvalue weighted by Gasteiger charge is -2.20. The number of likely N-dealkylation sites (N-methyl/N-ethyl adjacent to an activating group) is 1. The molecule has 106 valence electrons. The summed E-state index contributed by atoms with van der Waals surface area (Å²) >= 11 is 0. The first-order valence-corrected chi connectivity index (χ1v) is 7.25. The summed E-state index contributed by atoms with van der Waals surface area (Å²) in [5, 5.41) is 3.31. The summed E-state index contributed by atoms with van der Waals surface area (Å²) in [6.45, 7) is 7.35. The largest absolute Gasteiger partial charge is 0.319 e. The Morgan fingerprint density at radius 1 is 1.00 bits per heavy atom. The molecule has 2 nitrogen and oxygen atoms in total. The average molecular weight is 268 g/mol. The lowest BCUT2D eigenvalue weighted by molar-refractivity contribution is 0.604. The van der Waals surface area contributed by atoms with Gasteiger partial charge in [0.1, 0.15) is 0 Å². The molecule has 1 N–H and O–H groups in total. The third-order valence-electron chi connectivity index (χ3n) is 3.84. The lowest BCUT2D eigenvalue weighted by Crippen LogP contribution is -2.21. The summed E-state index contributed by atoms with van der Waals surface area (Å²) in [7, 11) is 2.01. The van der Waals surface area contributed by atoms with Crippen molar-refractivity contribution < 1.29 is 0 Å². The number of rotatable bonds is 5. The van der Waals surface area contributed by atoms with Crippen LogP contribution in [0.3, 0.4) is 0 Å². The van der Waals surface area contributed by atoms with E-state index < -0.39 is 0 Å². The van der Waals surface area contributed by atoms with Gasteiger partial charge < -0.3 is 5.32 Å². The molecule has 2 heteroatoms. The van der Waals surface area contributed by atoms with Gasteiger partial charge in [0.15, 0.2) is 0 Å². The van der Waals surface area contributed by atoms with Crippen molar-refractivity contribution >= 4 is 0 Å².